The number of amides is 1. The second-order valence-corrected chi connectivity index (χ2v) is 5.19. The van der Waals surface area contributed by atoms with Crippen molar-refractivity contribution < 1.29 is 14.3 Å². The predicted octanol–water partition coefficient (Wildman–Crippen LogP) is 2.71. The van der Waals surface area contributed by atoms with Gasteiger partial charge in [0.25, 0.3) is 5.91 Å². The smallest absolute Gasteiger partial charge is 0.287 e. The summed E-state index contributed by atoms with van der Waals surface area (Å²) in [6.45, 7) is 4.92. The van der Waals surface area contributed by atoms with E-state index in [-0.39, 0.29) is 29.4 Å². The summed E-state index contributed by atoms with van der Waals surface area (Å²) >= 11 is 5.61. The Labute approximate surface area is 112 Å². The molecule has 5 heteroatoms. The van der Waals surface area contributed by atoms with E-state index in [1.807, 2.05) is 0 Å². The summed E-state index contributed by atoms with van der Waals surface area (Å²) in [4.78, 5) is 11.7. The Morgan fingerprint density at radius 1 is 1.50 bits per heavy atom. The highest BCUT2D eigenvalue weighted by Crippen LogP contribution is 2.16. The summed E-state index contributed by atoms with van der Waals surface area (Å²) in [6.07, 6.45) is 1.66. The minimum Gasteiger partial charge on any atom is -0.440 e. The zero-order chi connectivity index (χ0) is 13.5. The van der Waals surface area contributed by atoms with Crippen LogP contribution in [0.5, 0.6) is 0 Å². The third-order valence-corrected chi connectivity index (χ3v) is 2.89. The largest absolute Gasteiger partial charge is 0.440 e. The Balaban J connectivity index is 2.43. The molecule has 4 nitrogen and oxygen atoms in total. The van der Waals surface area contributed by atoms with E-state index in [1.165, 1.54) is 6.07 Å². The topological polar surface area (TPSA) is 62.5 Å². The molecule has 0 radical (unpaired) electrons. The lowest BCUT2D eigenvalue weighted by molar-refractivity contribution is 0.0913. The molecular formula is C13H20ClNO3. The average molecular weight is 274 g/mol. The Kier molecular flexibility index (Phi) is 6.22. The fourth-order valence-electron chi connectivity index (χ4n) is 1.91. The van der Waals surface area contributed by atoms with Crippen LogP contribution in [-0.4, -0.2) is 24.2 Å². The number of furan rings is 1. The standard InChI is InChI=1S/C13H20ClNO3/c1-9(2)7-10(5-6-16)8-15-13(17)11-3-4-12(14)18-11/h3-4,9-10,16H,5-8H2,1-2H3,(H,15,17). The molecule has 1 heterocycles. The van der Waals surface area contributed by atoms with E-state index in [0.717, 1.165) is 6.42 Å². The number of aliphatic hydroxyl groups is 1. The van der Waals surface area contributed by atoms with E-state index in [4.69, 9.17) is 21.1 Å². The summed E-state index contributed by atoms with van der Waals surface area (Å²) < 4.78 is 5.02. The molecule has 0 saturated carbocycles. The van der Waals surface area contributed by atoms with Crippen LogP contribution in [0.25, 0.3) is 0 Å². The molecule has 0 aliphatic carbocycles. The van der Waals surface area contributed by atoms with E-state index >= 15 is 0 Å². The van der Waals surface area contributed by atoms with Gasteiger partial charge >= 0.3 is 0 Å². The van der Waals surface area contributed by atoms with Crippen molar-refractivity contribution in [2.75, 3.05) is 13.2 Å². The minimum atomic E-state index is -0.270. The van der Waals surface area contributed by atoms with E-state index < -0.39 is 0 Å². The minimum absolute atomic E-state index is 0.139. The molecule has 18 heavy (non-hydrogen) atoms. The van der Waals surface area contributed by atoms with E-state index in [2.05, 4.69) is 19.2 Å². The van der Waals surface area contributed by atoms with Gasteiger partial charge in [-0.3, -0.25) is 4.79 Å². The van der Waals surface area contributed by atoms with E-state index in [9.17, 15) is 4.79 Å². The number of hydrogen-bond donors (Lipinski definition) is 2. The van der Waals surface area contributed by atoms with Crippen molar-refractivity contribution in [3.05, 3.63) is 23.1 Å². The summed E-state index contributed by atoms with van der Waals surface area (Å²) in [6, 6.07) is 3.08. The number of rotatable bonds is 7. The van der Waals surface area contributed by atoms with Gasteiger partial charge in [-0.05, 0) is 48.4 Å². The van der Waals surface area contributed by atoms with Gasteiger partial charge < -0.3 is 14.8 Å². The number of hydrogen-bond acceptors (Lipinski definition) is 3. The van der Waals surface area contributed by atoms with Crippen molar-refractivity contribution >= 4 is 17.5 Å². The quantitative estimate of drug-likeness (QED) is 0.803. The van der Waals surface area contributed by atoms with Crippen LogP contribution in [0.15, 0.2) is 16.5 Å². The molecule has 0 bridgehead atoms. The fourth-order valence-corrected chi connectivity index (χ4v) is 2.06. The van der Waals surface area contributed by atoms with Gasteiger partial charge in [-0.1, -0.05) is 13.8 Å². The average Bonchev–Trinajstić information content (AvgIpc) is 2.72. The van der Waals surface area contributed by atoms with Gasteiger partial charge in [0.05, 0.1) is 0 Å². The van der Waals surface area contributed by atoms with Gasteiger partial charge in [-0.15, -0.1) is 0 Å². The molecule has 1 amide bonds. The van der Waals surface area contributed by atoms with Gasteiger partial charge in [-0.2, -0.15) is 0 Å². The van der Waals surface area contributed by atoms with Crippen LogP contribution in [0.2, 0.25) is 5.22 Å². The molecule has 1 atom stereocenters. The van der Waals surface area contributed by atoms with E-state index in [1.54, 1.807) is 6.07 Å². The molecular weight excluding hydrogens is 254 g/mol. The first kappa shape index (κ1) is 15.1. The highest BCUT2D eigenvalue weighted by Gasteiger charge is 2.14. The maximum Gasteiger partial charge on any atom is 0.287 e. The zero-order valence-corrected chi connectivity index (χ0v) is 11.5. The second-order valence-electron chi connectivity index (χ2n) is 4.82. The monoisotopic (exact) mass is 273 g/mol. The Morgan fingerprint density at radius 2 is 2.22 bits per heavy atom. The summed E-state index contributed by atoms with van der Waals surface area (Å²) in [5, 5.41) is 12.0. The first-order valence-corrected chi connectivity index (χ1v) is 6.55. The number of nitrogens with one attached hydrogen (secondary N) is 1. The van der Waals surface area contributed by atoms with Crippen molar-refractivity contribution in [2.24, 2.45) is 11.8 Å². The molecule has 1 unspecified atom stereocenters. The first-order valence-electron chi connectivity index (χ1n) is 6.17. The van der Waals surface area contributed by atoms with Crippen LogP contribution in [-0.2, 0) is 0 Å². The van der Waals surface area contributed by atoms with Gasteiger partial charge in [0.1, 0.15) is 0 Å². The highest BCUT2D eigenvalue weighted by atomic mass is 35.5. The van der Waals surface area contributed by atoms with Crippen molar-refractivity contribution in [2.45, 2.75) is 26.7 Å². The van der Waals surface area contributed by atoms with Crippen molar-refractivity contribution in [1.82, 2.24) is 5.32 Å². The maximum atomic E-state index is 11.7. The van der Waals surface area contributed by atoms with Crippen molar-refractivity contribution in [1.29, 1.82) is 0 Å². The van der Waals surface area contributed by atoms with Gasteiger partial charge in [0, 0.05) is 13.2 Å². The molecule has 0 saturated heterocycles. The summed E-state index contributed by atoms with van der Waals surface area (Å²) in [5.74, 6) is 0.766. The Bertz CT molecular complexity index is 376. The van der Waals surface area contributed by atoms with E-state index in [0.29, 0.717) is 18.9 Å². The fraction of sp³-hybridized carbons (Fsp3) is 0.615. The van der Waals surface area contributed by atoms with Crippen LogP contribution < -0.4 is 5.32 Å². The second kappa shape index (κ2) is 7.44. The van der Waals surface area contributed by atoms with Gasteiger partial charge in [0.15, 0.2) is 11.0 Å². The lowest BCUT2D eigenvalue weighted by Crippen LogP contribution is -2.30. The molecule has 0 aliphatic rings. The molecule has 1 rings (SSSR count). The number of halogens is 1. The third-order valence-electron chi connectivity index (χ3n) is 2.69. The van der Waals surface area contributed by atoms with Crippen molar-refractivity contribution in [3.8, 4) is 0 Å². The molecule has 102 valence electrons. The van der Waals surface area contributed by atoms with Crippen LogP contribution in [0.3, 0.4) is 0 Å². The molecule has 1 aromatic heterocycles. The molecule has 1 aromatic rings. The van der Waals surface area contributed by atoms with Crippen LogP contribution in [0.1, 0.15) is 37.2 Å². The maximum absolute atomic E-state index is 11.7. The zero-order valence-electron chi connectivity index (χ0n) is 10.8. The Morgan fingerprint density at radius 3 is 2.72 bits per heavy atom. The predicted molar refractivity (Wildman–Crippen MR) is 70.7 cm³/mol. The van der Waals surface area contributed by atoms with Crippen LogP contribution in [0.4, 0.5) is 0 Å². The molecule has 0 spiro atoms. The van der Waals surface area contributed by atoms with Crippen molar-refractivity contribution in [3.63, 3.8) is 0 Å². The molecule has 0 fully saturated rings. The van der Waals surface area contributed by atoms with Crippen LogP contribution >= 0.6 is 11.6 Å². The normalized spacial score (nSPS) is 12.7. The lowest BCUT2D eigenvalue weighted by atomic mass is 9.94. The van der Waals surface area contributed by atoms with Gasteiger partial charge in [0.2, 0.25) is 0 Å². The first-order chi connectivity index (χ1) is 8.52. The molecule has 2 N–H and O–H groups in total. The third kappa shape index (κ3) is 5.10. The number of carbonyl (C=O) groups is 1. The number of carbonyl (C=O) groups excluding carboxylic acids is 1. The lowest BCUT2D eigenvalue weighted by Gasteiger charge is -2.18. The summed E-state index contributed by atoms with van der Waals surface area (Å²) in [7, 11) is 0. The molecule has 0 aliphatic heterocycles. The van der Waals surface area contributed by atoms with Crippen LogP contribution in [0, 0.1) is 11.8 Å². The molecule has 0 aromatic carbocycles. The van der Waals surface area contributed by atoms with Gasteiger partial charge in [-0.25, -0.2) is 0 Å². The SMILES string of the molecule is CC(C)CC(CCO)CNC(=O)c1ccc(Cl)o1. The Hall–Kier alpha value is -1.00. The highest BCUT2D eigenvalue weighted by molar-refractivity contribution is 6.29. The number of aliphatic hydroxyl groups excluding tert-OH is 1. The summed E-state index contributed by atoms with van der Waals surface area (Å²) in [5.41, 5.74) is 0.